The first-order valence-electron chi connectivity index (χ1n) is 6.73. The lowest BCUT2D eigenvalue weighted by atomic mass is 10.0. The van der Waals surface area contributed by atoms with Gasteiger partial charge in [0.25, 0.3) is 0 Å². The second kappa shape index (κ2) is 5.22. The zero-order valence-corrected chi connectivity index (χ0v) is 11.0. The Labute approximate surface area is 117 Å². The van der Waals surface area contributed by atoms with Gasteiger partial charge in [-0.05, 0) is 18.6 Å². The molecule has 2 aromatic carbocycles. The number of benzene rings is 2. The molecular weight excluding hydrogens is 250 g/mol. The summed E-state index contributed by atoms with van der Waals surface area (Å²) in [6.07, 6.45) is 1.39. The molecule has 1 saturated heterocycles. The lowest BCUT2D eigenvalue weighted by Crippen LogP contribution is -2.41. The van der Waals surface area contributed by atoms with Gasteiger partial charge < -0.3 is 10.6 Å². The van der Waals surface area contributed by atoms with Crippen molar-refractivity contribution in [3.05, 3.63) is 42.0 Å². The monoisotopic (exact) mass is 265 g/mol. The van der Waals surface area contributed by atoms with Crippen molar-refractivity contribution in [1.82, 2.24) is 5.32 Å². The highest BCUT2D eigenvalue weighted by molar-refractivity contribution is 5.97. The van der Waals surface area contributed by atoms with E-state index in [-0.39, 0.29) is 11.9 Å². The number of hydrogen-bond donors (Lipinski definition) is 2. The second-order valence-electron chi connectivity index (χ2n) is 5.00. The van der Waals surface area contributed by atoms with E-state index in [4.69, 9.17) is 5.26 Å². The molecule has 0 aliphatic carbocycles. The molecule has 2 N–H and O–H groups in total. The third-order valence-corrected chi connectivity index (χ3v) is 3.67. The Balaban J connectivity index is 1.93. The predicted molar refractivity (Wildman–Crippen MR) is 78.3 cm³/mol. The van der Waals surface area contributed by atoms with Crippen LogP contribution in [0.5, 0.6) is 0 Å². The number of nitrogens with zero attached hydrogens (tertiary/aromatic N) is 1. The quantitative estimate of drug-likeness (QED) is 0.876. The average Bonchev–Trinajstić information content (AvgIpc) is 2.50. The van der Waals surface area contributed by atoms with Crippen molar-refractivity contribution in [3.63, 3.8) is 0 Å². The molecule has 20 heavy (non-hydrogen) atoms. The van der Waals surface area contributed by atoms with Gasteiger partial charge in [0.2, 0.25) is 5.91 Å². The van der Waals surface area contributed by atoms with Gasteiger partial charge in [0.05, 0.1) is 11.6 Å². The summed E-state index contributed by atoms with van der Waals surface area (Å²) < 4.78 is 0. The number of nitrogens with one attached hydrogen (secondary N) is 2. The topological polar surface area (TPSA) is 64.9 Å². The summed E-state index contributed by atoms with van der Waals surface area (Å²) in [6, 6.07) is 14.1. The molecule has 1 unspecified atom stereocenters. The highest BCUT2D eigenvalue weighted by Gasteiger charge is 2.18. The van der Waals surface area contributed by atoms with Crippen molar-refractivity contribution in [2.24, 2.45) is 0 Å². The fourth-order valence-electron chi connectivity index (χ4n) is 2.60. The molecule has 3 rings (SSSR count). The number of rotatable bonds is 2. The van der Waals surface area contributed by atoms with E-state index < -0.39 is 0 Å². The normalized spacial score (nSPS) is 18.4. The number of anilines is 1. The molecule has 1 fully saturated rings. The van der Waals surface area contributed by atoms with Crippen LogP contribution in [0.2, 0.25) is 0 Å². The summed E-state index contributed by atoms with van der Waals surface area (Å²) in [5, 5.41) is 17.5. The Kier molecular flexibility index (Phi) is 3.26. The first-order chi connectivity index (χ1) is 9.78. The molecule has 0 radical (unpaired) electrons. The van der Waals surface area contributed by atoms with E-state index in [9.17, 15) is 4.79 Å². The highest BCUT2D eigenvalue weighted by Crippen LogP contribution is 2.27. The summed E-state index contributed by atoms with van der Waals surface area (Å²) in [5.41, 5.74) is 1.70. The van der Waals surface area contributed by atoms with Gasteiger partial charge >= 0.3 is 0 Å². The summed E-state index contributed by atoms with van der Waals surface area (Å²) in [5.74, 6) is 0.118. The Morgan fingerprint density at radius 2 is 2.00 bits per heavy atom. The highest BCUT2D eigenvalue weighted by atomic mass is 16.1. The summed E-state index contributed by atoms with van der Waals surface area (Å²) >= 11 is 0. The van der Waals surface area contributed by atoms with Crippen molar-refractivity contribution >= 4 is 22.4 Å². The van der Waals surface area contributed by atoms with Crippen LogP contribution >= 0.6 is 0 Å². The largest absolute Gasteiger partial charge is 0.380 e. The maximum Gasteiger partial charge on any atom is 0.220 e. The minimum absolute atomic E-state index is 0.118. The van der Waals surface area contributed by atoms with Crippen molar-refractivity contribution in [2.45, 2.75) is 18.9 Å². The van der Waals surface area contributed by atoms with Crippen LogP contribution in [0.1, 0.15) is 18.4 Å². The Morgan fingerprint density at radius 1 is 1.20 bits per heavy atom. The van der Waals surface area contributed by atoms with E-state index in [0.29, 0.717) is 18.5 Å². The first kappa shape index (κ1) is 12.5. The van der Waals surface area contributed by atoms with E-state index >= 15 is 0 Å². The molecule has 100 valence electrons. The molecule has 1 heterocycles. The molecular formula is C16H15N3O. The number of carbonyl (C=O) groups is 1. The number of carbonyl (C=O) groups excluding carboxylic acids is 1. The van der Waals surface area contributed by atoms with Gasteiger partial charge in [-0.3, -0.25) is 4.79 Å². The van der Waals surface area contributed by atoms with Crippen molar-refractivity contribution in [1.29, 1.82) is 5.26 Å². The molecule has 1 amide bonds. The Bertz CT molecular complexity index is 692. The smallest absolute Gasteiger partial charge is 0.220 e. The number of amides is 1. The van der Waals surface area contributed by atoms with E-state index in [1.165, 1.54) is 0 Å². The maximum absolute atomic E-state index is 11.2. The fraction of sp³-hybridized carbons (Fsp3) is 0.250. The minimum atomic E-state index is 0.118. The molecule has 0 saturated carbocycles. The molecule has 0 bridgehead atoms. The van der Waals surface area contributed by atoms with E-state index in [2.05, 4.69) is 16.7 Å². The molecule has 0 spiro atoms. The molecule has 1 atom stereocenters. The van der Waals surface area contributed by atoms with Crippen LogP contribution in [-0.4, -0.2) is 18.5 Å². The number of fused-ring (bicyclic) bond motifs is 1. The fourth-order valence-corrected chi connectivity index (χ4v) is 2.60. The summed E-state index contributed by atoms with van der Waals surface area (Å²) in [7, 11) is 0. The van der Waals surface area contributed by atoms with Crippen molar-refractivity contribution < 1.29 is 4.79 Å². The summed E-state index contributed by atoms with van der Waals surface area (Å²) in [4.78, 5) is 11.2. The molecule has 1 aliphatic rings. The Morgan fingerprint density at radius 3 is 2.70 bits per heavy atom. The lowest BCUT2D eigenvalue weighted by Gasteiger charge is -2.25. The second-order valence-corrected chi connectivity index (χ2v) is 5.00. The van der Waals surface area contributed by atoms with Gasteiger partial charge in [-0.1, -0.05) is 24.3 Å². The molecule has 4 nitrogen and oxygen atoms in total. The van der Waals surface area contributed by atoms with Crippen LogP contribution in [-0.2, 0) is 4.79 Å². The van der Waals surface area contributed by atoms with Crippen LogP contribution in [0, 0.1) is 11.3 Å². The van der Waals surface area contributed by atoms with Crippen molar-refractivity contribution in [2.75, 3.05) is 11.9 Å². The number of piperidine rings is 1. The van der Waals surface area contributed by atoms with Crippen LogP contribution in [0.25, 0.3) is 10.8 Å². The zero-order valence-electron chi connectivity index (χ0n) is 11.0. The van der Waals surface area contributed by atoms with Gasteiger partial charge in [-0.2, -0.15) is 5.26 Å². The molecule has 2 aromatic rings. The van der Waals surface area contributed by atoms with E-state index in [1.807, 2.05) is 36.4 Å². The molecule has 0 aromatic heterocycles. The number of nitriles is 1. The van der Waals surface area contributed by atoms with Gasteiger partial charge in [0, 0.05) is 35.5 Å². The third kappa shape index (κ3) is 2.30. The van der Waals surface area contributed by atoms with Crippen LogP contribution in [0.3, 0.4) is 0 Å². The SMILES string of the molecule is N#Cc1ccc(NC2CCC(=O)NC2)c2ccccc12. The molecule has 1 aliphatic heterocycles. The standard InChI is InChI=1S/C16H15N3O/c17-9-11-5-7-15(14-4-2-1-3-13(11)14)19-12-6-8-16(20)18-10-12/h1-5,7,12,19H,6,8,10H2,(H,18,20). The van der Waals surface area contributed by atoms with Gasteiger partial charge in [0.15, 0.2) is 0 Å². The first-order valence-corrected chi connectivity index (χ1v) is 6.73. The maximum atomic E-state index is 11.2. The van der Waals surface area contributed by atoms with E-state index in [0.717, 1.165) is 22.9 Å². The van der Waals surface area contributed by atoms with Crippen molar-refractivity contribution in [3.8, 4) is 6.07 Å². The van der Waals surface area contributed by atoms with Gasteiger partial charge in [-0.15, -0.1) is 0 Å². The minimum Gasteiger partial charge on any atom is -0.380 e. The summed E-state index contributed by atoms with van der Waals surface area (Å²) in [6.45, 7) is 0.646. The zero-order chi connectivity index (χ0) is 13.9. The third-order valence-electron chi connectivity index (χ3n) is 3.67. The number of hydrogen-bond acceptors (Lipinski definition) is 3. The average molecular weight is 265 g/mol. The lowest BCUT2D eigenvalue weighted by molar-refractivity contribution is -0.122. The van der Waals surface area contributed by atoms with Gasteiger partial charge in [-0.25, -0.2) is 0 Å². The van der Waals surface area contributed by atoms with Crippen LogP contribution in [0.4, 0.5) is 5.69 Å². The van der Waals surface area contributed by atoms with Crippen LogP contribution in [0.15, 0.2) is 36.4 Å². The molecule has 4 heteroatoms. The van der Waals surface area contributed by atoms with E-state index in [1.54, 1.807) is 0 Å². The predicted octanol–water partition coefficient (Wildman–Crippen LogP) is 2.40. The Hall–Kier alpha value is -2.54. The van der Waals surface area contributed by atoms with Crippen LogP contribution < -0.4 is 10.6 Å². The van der Waals surface area contributed by atoms with Gasteiger partial charge in [0.1, 0.15) is 0 Å².